The van der Waals surface area contributed by atoms with Crippen LogP contribution in [0.25, 0.3) is 0 Å². The Morgan fingerprint density at radius 3 is 2.50 bits per heavy atom. The standard InChI is InChI=1S/C16H14ClFN2O2/c1-10(14-8-5-12(18)9-15(14)17)19-20-16(21)11-3-6-13(22-2)7-4-11/h3-9H,1-2H3,(H,20,21)/b19-10-. The van der Waals surface area contributed by atoms with Crippen molar-refractivity contribution in [2.24, 2.45) is 5.10 Å². The van der Waals surface area contributed by atoms with Crippen LogP contribution in [-0.4, -0.2) is 18.7 Å². The van der Waals surface area contributed by atoms with Gasteiger partial charge in [-0.15, -0.1) is 0 Å². The summed E-state index contributed by atoms with van der Waals surface area (Å²) < 4.78 is 18.0. The second-order valence-electron chi connectivity index (χ2n) is 4.49. The smallest absolute Gasteiger partial charge is 0.271 e. The molecule has 0 aliphatic heterocycles. The molecule has 0 aromatic heterocycles. The number of halogens is 2. The fourth-order valence-corrected chi connectivity index (χ4v) is 2.09. The fraction of sp³-hybridized carbons (Fsp3) is 0.125. The van der Waals surface area contributed by atoms with Gasteiger partial charge in [-0.25, -0.2) is 9.82 Å². The highest BCUT2D eigenvalue weighted by Crippen LogP contribution is 2.18. The molecule has 1 N–H and O–H groups in total. The molecule has 0 atom stereocenters. The molecular weight excluding hydrogens is 307 g/mol. The molecule has 0 aliphatic carbocycles. The van der Waals surface area contributed by atoms with Gasteiger partial charge in [0.05, 0.1) is 17.8 Å². The predicted molar refractivity (Wildman–Crippen MR) is 84.1 cm³/mol. The van der Waals surface area contributed by atoms with E-state index in [0.717, 1.165) is 0 Å². The molecule has 6 heteroatoms. The lowest BCUT2D eigenvalue weighted by molar-refractivity contribution is 0.0955. The first-order chi connectivity index (χ1) is 10.5. The molecule has 0 saturated heterocycles. The van der Waals surface area contributed by atoms with Crippen molar-refractivity contribution < 1.29 is 13.9 Å². The average Bonchev–Trinajstić information content (AvgIpc) is 2.52. The van der Waals surface area contributed by atoms with Gasteiger partial charge in [0.2, 0.25) is 0 Å². The van der Waals surface area contributed by atoms with E-state index in [9.17, 15) is 9.18 Å². The Labute approximate surface area is 132 Å². The molecule has 22 heavy (non-hydrogen) atoms. The van der Waals surface area contributed by atoms with E-state index in [-0.39, 0.29) is 10.9 Å². The number of hydrazone groups is 1. The highest BCUT2D eigenvalue weighted by Gasteiger charge is 2.08. The number of hydrogen-bond donors (Lipinski definition) is 1. The molecule has 0 spiro atoms. The Balaban J connectivity index is 2.10. The van der Waals surface area contributed by atoms with Crippen LogP contribution in [0.3, 0.4) is 0 Å². The third-order valence-corrected chi connectivity index (χ3v) is 3.31. The van der Waals surface area contributed by atoms with Crippen LogP contribution in [0.4, 0.5) is 4.39 Å². The van der Waals surface area contributed by atoms with Gasteiger partial charge >= 0.3 is 0 Å². The van der Waals surface area contributed by atoms with Crippen LogP contribution in [0.2, 0.25) is 5.02 Å². The molecule has 4 nitrogen and oxygen atoms in total. The zero-order chi connectivity index (χ0) is 16.1. The Morgan fingerprint density at radius 2 is 1.91 bits per heavy atom. The Hall–Kier alpha value is -2.40. The summed E-state index contributed by atoms with van der Waals surface area (Å²) in [5, 5.41) is 4.22. The van der Waals surface area contributed by atoms with Crippen molar-refractivity contribution in [1.82, 2.24) is 5.43 Å². The largest absolute Gasteiger partial charge is 0.497 e. The van der Waals surface area contributed by atoms with Gasteiger partial charge in [0.15, 0.2) is 0 Å². The minimum Gasteiger partial charge on any atom is -0.497 e. The van der Waals surface area contributed by atoms with Crippen molar-refractivity contribution in [3.05, 3.63) is 64.4 Å². The van der Waals surface area contributed by atoms with Crippen LogP contribution in [0, 0.1) is 5.82 Å². The maximum Gasteiger partial charge on any atom is 0.271 e. The first-order valence-corrected chi connectivity index (χ1v) is 6.83. The molecule has 1 amide bonds. The number of benzene rings is 2. The number of carbonyl (C=O) groups is 1. The van der Waals surface area contributed by atoms with E-state index in [2.05, 4.69) is 10.5 Å². The maximum atomic E-state index is 13.0. The summed E-state index contributed by atoms with van der Waals surface area (Å²) in [6, 6.07) is 10.6. The summed E-state index contributed by atoms with van der Waals surface area (Å²) in [4.78, 5) is 12.0. The lowest BCUT2D eigenvalue weighted by Gasteiger charge is -2.05. The van der Waals surface area contributed by atoms with Crippen LogP contribution in [-0.2, 0) is 0 Å². The zero-order valence-corrected chi connectivity index (χ0v) is 12.8. The Morgan fingerprint density at radius 1 is 1.23 bits per heavy atom. The molecule has 0 aliphatic rings. The normalized spacial score (nSPS) is 11.2. The second kappa shape index (κ2) is 7.04. The lowest BCUT2D eigenvalue weighted by Crippen LogP contribution is -2.19. The van der Waals surface area contributed by atoms with Crippen LogP contribution < -0.4 is 10.2 Å². The number of nitrogens with one attached hydrogen (secondary N) is 1. The molecule has 0 heterocycles. The van der Waals surface area contributed by atoms with Gasteiger partial charge in [-0.2, -0.15) is 5.10 Å². The monoisotopic (exact) mass is 320 g/mol. The molecular formula is C16H14ClFN2O2. The summed E-state index contributed by atoms with van der Waals surface area (Å²) in [6.45, 7) is 1.67. The summed E-state index contributed by atoms with van der Waals surface area (Å²) in [5.74, 6) is -0.126. The fourth-order valence-electron chi connectivity index (χ4n) is 1.78. The number of nitrogens with zero attached hydrogens (tertiary/aromatic N) is 1. The van der Waals surface area contributed by atoms with Gasteiger partial charge in [0, 0.05) is 11.1 Å². The molecule has 114 valence electrons. The van der Waals surface area contributed by atoms with Gasteiger partial charge in [-0.3, -0.25) is 4.79 Å². The Kier molecular flexibility index (Phi) is 5.12. The molecule has 0 bridgehead atoms. The number of carbonyl (C=O) groups excluding carboxylic acids is 1. The molecule has 0 saturated carbocycles. The van der Waals surface area contributed by atoms with E-state index >= 15 is 0 Å². The van der Waals surface area contributed by atoms with E-state index in [1.54, 1.807) is 38.3 Å². The SMILES string of the molecule is COc1ccc(C(=O)N/N=C(/C)c2ccc(F)cc2Cl)cc1. The molecule has 0 fully saturated rings. The highest BCUT2D eigenvalue weighted by molar-refractivity contribution is 6.34. The van der Waals surface area contributed by atoms with Crippen LogP contribution in [0.15, 0.2) is 47.6 Å². The first kappa shape index (κ1) is 16.0. The highest BCUT2D eigenvalue weighted by atomic mass is 35.5. The number of hydrogen-bond acceptors (Lipinski definition) is 3. The van der Waals surface area contributed by atoms with Crippen molar-refractivity contribution >= 4 is 23.2 Å². The Bertz CT molecular complexity index is 715. The zero-order valence-electron chi connectivity index (χ0n) is 12.1. The van der Waals surface area contributed by atoms with E-state index in [1.807, 2.05) is 0 Å². The van der Waals surface area contributed by atoms with Crippen LogP contribution >= 0.6 is 11.6 Å². The molecule has 2 rings (SSSR count). The third-order valence-electron chi connectivity index (χ3n) is 3.00. The lowest BCUT2D eigenvalue weighted by atomic mass is 10.1. The van der Waals surface area contributed by atoms with Gasteiger partial charge in [0.1, 0.15) is 11.6 Å². The van der Waals surface area contributed by atoms with E-state index < -0.39 is 5.82 Å². The van der Waals surface area contributed by atoms with Crippen molar-refractivity contribution in [3.8, 4) is 5.75 Å². The van der Waals surface area contributed by atoms with Gasteiger partial charge in [-0.05, 0) is 49.4 Å². The third kappa shape index (κ3) is 3.83. The molecule has 2 aromatic carbocycles. The predicted octanol–water partition coefficient (Wildman–Crippen LogP) is 3.64. The minimum absolute atomic E-state index is 0.236. The number of ether oxygens (including phenoxy) is 1. The van der Waals surface area contributed by atoms with Crippen molar-refractivity contribution in [3.63, 3.8) is 0 Å². The minimum atomic E-state index is -0.427. The second-order valence-corrected chi connectivity index (χ2v) is 4.90. The van der Waals surface area contributed by atoms with Crippen LogP contribution in [0.1, 0.15) is 22.8 Å². The molecule has 2 aromatic rings. The van der Waals surface area contributed by atoms with Gasteiger partial charge in [-0.1, -0.05) is 11.6 Å². The van der Waals surface area contributed by atoms with Gasteiger partial charge < -0.3 is 4.74 Å². The number of rotatable bonds is 4. The summed E-state index contributed by atoms with van der Waals surface area (Å²) in [5.41, 5.74) is 3.91. The summed E-state index contributed by atoms with van der Waals surface area (Å²) in [7, 11) is 1.55. The average molecular weight is 321 g/mol. The van der Waals surface area contributed by atoms with Crippen molar-refractivity contribution in [2.75, 3.05) is 7.11 Å². The van der Waals surface area contributed by atoms with E-state index in [1.165, 1.54) is 18.2 Å². The summed E-state index contributed by atoms with van der Waals surface area (Å²) >= 11 is 5.94. The summed E-state index contributed by atoms with van der Waals surface area (Å²) in [6.07, 6.45) is 0. The van der Waals surface area contributed by atoms with E-state index in [0.29, 0.717) is 22.6 Å². The first-order valence-electron chi connectivity index (χ1n) is 6.45. The molecule has 0 unspecified atom stereocenters. The quantitative estimate of drug-likeness (QED) is 0.690. The maximum absolute atomic E-state index is 13.0. The van der Waals surface area contributed by atoms with Gasteiger partial charge in [0.25, 0.3) is 5.91 Å². The number of methoxy groups -OCH3 is 1. The van der Waals surface area contributed by atoms with E-state index in [4.69, 9.17) is 16.3 Å². The molecule has 0 radical (unpaired) electrons. The van der Waals surface area contributed by atoms with Crippen molar-refractivity contribution in [1.29, 1.82) is 0 Å². The van der Waals surface area contributed by atoms with Crippen molar-refractivity contribution in [2.45, 2.75) is 6.92 Å². The van der Waals surface area contributed by atoms with Crippen LogP contribution in [0.5, 0.6) is 5.75 Å². The topological polar surface area (TPSA) is 50.7 Å². The number of amides is 1.